The number of nitrogens with one attached hydrogen (secondary N) is 2. The molecule has 1 aliphatic rings. The van der Waals surface area contributed by atoms with Gasteiger partial charge in [0.05, 0.1) is 0 Å². The molecule has 0 aliphatic carbocycles. The molecule has 0 radical (unpaired) electrons. The number of hydrogen-bond donors (Lipinski definition) is 2. The predicted molar refractivity (Wildman–Crippen MR) is 120 cm³/mol. The van der Waals surface area contributed by atoms with Crippen LogP contribution >= 0.6 is 24.0 Å². The minimum absolute atomic E-state index is 0. The topological polar surface area (TPSA) is 52.6 Å². The quantitative estimate of drug-likeness (QED) is 0.405. The summed E-state index contributed by atoms with van der Waals surface area (Å²) in [7, 11) is 3.97. The van der Waals surface area contributed by atoms with Crippen LogP contribution in [0.3, 0.4) is 0 Å². The lowest BCUT2D eigenvalue weighted by Gasteiger charge is -2.28. The van der Waals surface area contributed by atoms with Gasteiger partial charge in [-0.15, -0.1) is 24.0 Å². The highest BCUT2D eigenvalue weighted by Crippen LogP contribution is 2.26. The third-order valence-corrected chi connectivity index (χ3v) is 4.58. The van der Waals surface area contributed by atoms with Gasteiger partial charge in [0.15, 0.2) is 5.96 Å². The van der Waals surface area contributed by atoms with Crippen molar-refractivity contribution >= 4 is 35.6 Å². The van der Waals surface area contributed by atoms with E-state index in [0.29, 0.717) is 0 Å². The number of anilines is 1. The molecule has 2 aromatic rings. The molecule has 6 heteroatoms. The molecule has 0 saturated carbocycles. The van der Waals surface area contributed by atoms with Crippen molar-refractivity contribution < 1.29 is 0 Å². The summed E-state index contributed by atoms with van der Waals surface area (Å²) in [5.74, 6) is 0.825. The fourth-order valence-corrected chi connectivity index (χ4v) is 3.21. The van der Waals surface area contributed by atoms with E-state index in [1.807, 2.05) is 24.4 Å². The molecule has 3 rings (SSSR count). The summed E-state index contributed by atoms with van der Waals surface area (Å²) in [6.45, 7) is 2.74. The predicted octanol–water partition coefficient (Wildman–Crippen LogP) is 2.99. The zero-order valence-electron chi connectivity index (χ0n) is 15.5. The van der Waals surface area contributed by atoms with Crippen LogP contribution in [0.5, 0.6) is 0 Å². The molecule has 26 heavy (non-hydrogen) atoms. The number of benzene rings is 1. The van der Waals surface area contributed by atoms with Gasteiger partial charge in [-0.2, -0.15) is 0 Å². The summed E-state index contributed by atoms with van der Waals surface area (Å²) in [6.07, 6.45) is 5.12. The highest BCUT2D eigenvalue weighted by atomic mass is 127. The number of halogens is 1. The SMILES string of the molecule is CN=C(NCCc1ccccn1)NCc1ccc2c(c1)CCCN2C.I. The summed E-state index contributed by atoms with van der Waals surface area (Å²) in [5, 5.41) is 6.74. The van der Waals surface area contributed by atoms with Gasteiger partial charge in [0, 0.05) is 57.7 Å². The first kappa shape index (κ1) is 20.5. The lowest BCUT2D eigenvalue weighted by molar-refractivity contribution is 0.740. The van der Waals surface area contributed by atoms with E-state index < -0.39 is 0 Å². The fourth-order valence-electron chi connectivity index (χ4n) is 3.21. The lowest BCUT2D eigenvalue weighted by atomic mass is 9.99. The Bertz CT molecular complexity index is 717. The van der Waals surface area contributed by atoms with Gasteiger partial charge in [-0.25, -0.2) is 0 Å². The van der Waals surface area contributed by atoms with Crippen LogP contribution in [-0.4, -0.2) is 38.1 Å². The number of aryl methyl sites for hydroxylation is 1. The first-order valence-corrected chi connectivity index (χ1v) is 8.93. The molecule has 0 amide bonds. The second-order valence-corrected chi connectivity index (χ2v) is 6.41. The summed E-state index contributed by atoms with van der Waals surface area (Å²) >= 11 is 0. The Labute approximate surface area is 173 Å². The molecule has 0 spiro atoms. The van der Waals surface area contributed by atoms with E-state index in [4.69, 9.17) is 0 Å². The van der Waals surface area contributed by atoms with Crippen molar-refractivity contribution in [2.75, 3.05) is 32.1 Å². The molecule has 1 aromatic carbocycles. The van der Waals surface area contributed by atoms with Crippen LogP contribution in [0.15, 0.2) is 47.6 Å². The largest absolute Gasteiger partial charge is 0.374 e. The van der Waals surface area contributed by atoms with E-state index in [9.17, 15) is 0 Å². The van der Waals surface area contributed by atoms with Crippen LogP contribution in [0, 0.1) is 0 Å². The molecule has 1 aliphatic heterocycles. The van der Waals surface area contributed by atoms with Crippen molar-refractivity contribution in [1.82, 2.24) is 15.6 Å². The molecule has 2 heterocycles. The van der Waals surface area contributed by atoms with Crippen LogP contribution in [0.4, 0.5) is 5.69 Å². The molecular weight excluding hydrogens is 437 g/mol. The summed E-state index contributed by atoms with van der Waals surface area (Å²) in [5.41, 5.74) is 5.20. The Kier molecular flexibility index (Phi) is 8.15. The maximum absolute atomic E-state index is 4.34. The van der Waals surface area contributed by atoms with Crippen LogP contribution in [0.25, 0.3) is 0 Å². The maximum atomic E-state index is 4.34. The van der Waals surface area contributed by atoms with Crippen LogP contribution in [0.2, 0.25) is 0 Å². The number of aliphatic imine (C=N–C) groups is 1. The molecule has 0 atom stereocenters. The first-order chi connectivity index (χ1) is 12.3. The van der Waals surface area contributed by atoms with Crippen molar-refractivity contribution in [3.8, 4) is 0 Å². The summed E-state index contributed by atoms with van der Waals surface area (Å²) < 4.78 is 0. The Morgan fingerprint density at radius 3 is 2.88 bits per heavy atom. The highest BCUT2D eigenvalue weighted by Gasteiger charge is 2.13. The molecule has 0 unspecified atom stereocenters. The third kappa shape index (κ3) is 5.59. The van der Waals surface area contributed by atoms with Crippen molar-refractivity contribution in [3.05, 3.63) is 59.4 Å². The van der Waals surface area contributed by atoms with Gasteiger partial charge in [0.2, 0.25) is 0 Å². The molecule has 140 valence electrons. The standard InChI is InChI=1S/C20H27N5.HI/c1-21-20(23-12-10-18-7-3-4-11-22-18)24-15-16-8-9-19-17(14-16)6-5-13-25(19)2;/h3-4,7-9,11,14H,5-6,10,12-13,15H2,1-2H3,(H2,21,23,24);1H. The smallest absolute Gasteiger partial charge is 0.191 e. The van der Waals surface area contributed by atoms with Crippen molar-refractivity contribution in [2.24, 2.45) is 4.99 Å². The zero-order chi connectivity index (χ0) is 17.5. The summed E-state index contributed by atoms with van der Waals surface area (Å²) in [6, 6.07) is 12.8. The van der Waals surface area contributed by atoms with E-state index in [2.05, 4.69) is 50.8 Å². The third-order valence-electron chi connectivity index (χ3n) is 4.58. The van der Waals surface area contributed by atoms with Gasteiger partial charge >= 0.3 is 0 Å². The minimum Gasteiger partial charge on any atom is -0.374 e. The maximum Gasteiger partial charge on any atom is 0.191 e. The number of aromatic nitrogens is 1. The zero-order valence-corrected chi connectivity index (χ0v) is 17.9. The van der Waals surface area contributed by atoms with Gasteiger partial charge in [-0.05, 0) is 42.2 Å². The Morgan fingerprint density at radius 2 is 2.12 bits per heavy atom. The lowest BCUT2D eigenvalue weighted by Crippen LogP contribution is -2.38. The Balaban J connectivity index is 0.00000243. The van der Waals surface area contributed by atoms with E-state index in [0.717, 1.165) is 37.7 Å². The molecule has 5 nitrogen and oxygen atoms in total. The molecule has 0 saturated heterocycles. The Hall–Kier alpha value is -1.83. The highest BCUT2D eigenvalue weighted by molar-refractivity contribution is 14.0. The van der Waals surface area contributed by atoms with Gasteiger partial charge in [0.1, 0.15) is 0 Å². The van der Waals surface area contributed by atoms with Crippen LogP contribution < -0.4 is 15.5 Å². The van der Waals surface area contributed by atoms with Crippen LogP contribution in [0.1, 0.15) is 23.2 Å². The average Bonchev–Trinajstić information content (AvgIpc) is 2.65. The van der Waals surface area contributed by atoms with Gasteiger partial charge in [0.25, 0.3) is 0 Å². The Morgan fingerprint density at radius 1 is 1.23 bits per heavy atom. The second kappa shape index (κ2) is 10.4. The number of rotatable bonds is 5. The molecule has 0 fully saturated rings. The monoisotopic (exact) mass is 465 g/mol. The molecular formula is C20H28IN5. The normalized spacial score (nSPS) is 13.6. The number of nitrogens with zero attached hydrogens (tertiary/aromatic N) is 3. The first-order valence-electron chi connectivity index (χ1n) is 8.93. The van der Waals surface area contributed by atoms with E-state index >= 15 is 0 Å². The van der Waals surface area contributed by atoms with Gasteiger partial charge in [-0.3, -0.25) is 9.98 Å². The van der Waals surface area contributed by atoms with E-state index in [1.54, 1.807) is 7.05 Å². The van der Waals surface area contributed by atoms with Crippen molar-refractivity contribution in [1.29, 1.82) is 0 Å². The molecule has 0 bridgehead atoms. The van der Waals surface area contributed by atoms with Gasteiger partial charge < -0.3 is 15.5 Å². The van der Waals surface area contributed by atoms with Crippen molar-refractivity contribution in [2.45, 2.75) is 25.8 Å². The van der Waals surface area contributed by atoms with Crippen molar-refractivity contribution in [3.63, 3.8) is 0 Å². The van der Waals surface area contributed by atoms with Gasteiger partial charge in [-0.1, -0.05) is 18.2 Å². The number of guanidine groups is 1. The van der Waals surface area contributed by atoms with Crippen LogP contribution in [-0.2, 0) is 19.4 Å². The summed E-state index contributed by atoms with van der Waals surface area (Å²) in [4.78, 5) is 11.0. The fraction of sp³-hybridized carbons (Fsp3) is 0.400. The van der Waals surface area contributed by atoms with E-state index in [-0.39, 0.29) is 24.0 Å². The number of hydrogen-bond acceptors (Lipinski definition) is 3. The molecule has 1 aromatic heterocycles. The number of fused-ring (bicyclic) bond motifs is 1. The second-order valence-electron chi connectivity index (χ2n) is 6.41. The number of pyridine rings is 1. The van der Waals surface area contributed by atoms with E-state index in [1.165, 1.54) is 29.7 Å². The minimum atomic E-state index is 0. The average molecular weight is 465 g/mol. The molecule has 2 N–H and O–H groups in total.